The molecular formula is C19H37P. The number of hydrogen-bond acceptors (Lipinski definition) is 0. The molecule has 0 aromatic heterocycles. The van der Waals surface area contributed by atoms with E-state index in [4.69, 9.17) is 0 Å². The lowest BCUT2D eigenvalue weighted by molar-refractivity contribution is 0.296. The van der Waals surface area contributed by atoms with Gasteiger partial charge in [0.25, 0.3) is 0 Å². The molecule has 0 aliphatic heterocycles. The van der Waals surface area contributed by atoms with E-state index in [1.807, 2.05) is 0 Å². The number of hydrogen-bond donors (Lipinski definition) is 0. The summed E-state index contributed by atoms with van der Waals surface area (Å²) in [7, 11) is -1.26. The molecule has 0 aromatic rings. The zero-order chi connectivity index (χ0) is 15.3. The molecule has 1 aliphatic carbocycles. The Morgan fingerprint density at radius 1 is 1.05 bits per heavy atom. The lowest BCUT2D eigenvalue weighted by Gasteiger charge is -2.40. The van der Waals surface area contributed by atoms with Gasteiger partial charge >= 0.3 is 0 Å². The fraction of sp³-hybridized carbons (Fsp3) is 0.842. The van der Waals surface area contributed by atoms with Crippen molar-refractivity contribution >= 4 is 7.26 Å². The highest BCUT2D eigenvalue weighted by molar-refractivity contribution is 7.82. The topological polar surface area (TPSA) is 0 Å². The van der Waals surface area contributed by atoms with Crippen molar-refractivity contribution in [2.45, 2.75) is 90.9 Å². The molecule has 0 amide bonds. The first-order valence-electron chi connectivity index (χ1n) is 8.69. The summed E-state index contributed by atoms with van der Waals surface area (Å²) >= 11 is 0. The van der Waals surface area contributed by atoms with Crippen LogP contribution in [-0.4, -0.2) is 11.3 Å². The molecule has 1 saturated carbocycles. The van der Waals surface area contributed by atoms with E-state index in [0.29, 0.717) is 11.3 Å². The molecule has 0 heterocycles. The van der Waals surface area contributed by atoms with E-state index in [1.54, 1.807) is 0 Å². The highest BCUT2D eigenvalue weighted by atomic mass is 31.2. The summed E-state index contributed by atoms with van der Waals surface area (Å²) in [4.78, 5) is 0. The first-order valence-corrected chi connectivity index (χ1v) is 10.8. The third-order valence-electron chi connectivity index (χ3n) is 5.48. The Labute approximate surface area is 129 Å². The lowest BCUT2D eigenvalue weighted by atomic mass is 9.82. The van der Waals surface area contributed by atoms with Gasteiger partial charge in [-0.15, -0.1) is 0 Å². The highest BCUT2D eigenvalue weighted by Crippen LogP contribution is 2.72. The molecule has 1 aliphatic rings. The van der Waals surface area contributed by atoms with Crippen LogP contribution in [0.15, 0.2) is 11.9 Å². The van der Waals surface area contributed by atoms with Crippen LogP contribution in [0.2, 0.25) is 0 Å². The van der Waals surface area contributed by atoms with Crippen LogP contribution in [0.3, 0.4) is 0 Å². The van der Waals surface area contributed by atoms with E-state index in [1.165, 1.54) is 50.3 Å². The maximum absolute atomic E-state index is 4.68. The molecule has 0 nitrogen and oxygen atoms in total. The molecule has 0 unspecified atom stereocenters. The van der Waals surface area contributed by atoms with Crippen molar-refractivity contribution in [3.8, 4) is 0 Å². The molecule has 118 valence electrons. The number of allylic oxidation sites excluding steroid dienone is 1. The molecule has 20 heavy (non-hydrogen) atoms. The Bertz CT molecular complexity index is 289. The van der Waals surface area contributed by atoms with Gasteiger partial charge in [0.2, 0.25) is 0 Å². The molecule has 1 atom stereocenters. The zero-order valence-electron chi connectivity index (χ0n) is 14.6. The third kappa shape index (κ3) is 4.59. The van der Waals surface area contributed by atoms with Crippen LogP contribution in [0.25, 0.3) is 0 Å². The van der Waals surface area contributed by atoms with Crippen molar-refractivity contribution in [1.29, 1.82) is 0 Å². The Hall–Kier alpha value is 0.170. The summed E-state index contributed by atoms with van der Waals surface area (Å²) in [6.07, 6.45) is 9.95. The Morgan fingerprint density at radius 3 is 2.00 bits per heavy atom. The van der Waals surface area contributed by atoms with Gasteiger partial charge in [-0.05, 0) is 46.0 Å². The van der Waals surface area contributed by atoms with Gasteiger partial charge in [0.05, 0.1) is 0 Å². The van der Waals surface area contributed by atoms with E-state index in [9.17, 15) is 0 Å². The first-order chi connectivity index (χ1) is 9.28. The van der Waals surface area contributed by atoms with Gasteiger partial charge in [0.15, 0.2) is 0 Å². The predicted octanol–water partition coefficient (Wildman–Crippen LogP) is 7.12. The largest absolute Gasteiger partial charge is 0.175 e. The highest BCUT2D eigenvalue weighted by Gasteiger charge is 2.36. The van der Waals surface area contributed by atoms with Gasteiger partial charge in [-0.2, -0.15) is 6.66 Å². The van der Waals surface area contributed by atoms with Crippen LogP contribution in [0.5, 0.6) is 0 Å². The molecule has 1 fully saturated rings. The van der Waals surface area contributed by atoms with Crippen LogP contribution in [0.4, 0.5) is 0 Å². The minimum Gasteiger partial charge on any atom is -0.175 e. The van der Waals surface area contributed by atoms with E-state index >= 15 is 0 Å². The summed E-state index contributed by atoms with van der Waals surface area (Å²) in [5.74, 6) is 1.78. The van der Waals surface area contributed by atoms with E-state index in [-0.39, 0.29) is 0 Å². The van der Waals surface area contributed by atoms with Crippen LogP contribution in [0.1, 0.15) is 79.6 Å². The predicted molar refractivity (Wildman–Crippen MR) is 96.7 cm³/mol. The summed E-state index contributed by atoms with van der Waals surface area (Å²) in [5.41, 5.74) is 1.36. The maximum atomic E-state index is 4.68. The van der Waals surface area contributed by atoms with Crippen molar-refractivity contribution in [3.63, 3.8) is 0 Å². The summed E-state index contributed by atoms with van der Waals surface area (Å²) in [5, 5.41) is 1.49. The molecule has 0 spiro atoms. The van der Waals surface area contributed by atoms with E-state index in [0.717, 1.165) is 11.8 Å². The standard InChI is InChI=1S/C19H37P/c1-15(2)20(7,16(3)4)18(6)13-17(5)14-19-11-9-8-10-12-19/h15-17,19H,6-14H2,1-5H3/t17-/m1/s1. The van der Waals surface area contributed by atoms with E-state index in [2.05, 4.69) is 47.9 Å². The minimum absolute atomic E-state index is 0.678. The van der Waals surface area contributed by atoms with Crippen LogP contribution >= 0.6 is 7.26 Å². The normalized spacial score (nSPS) is 19.6. The average Bonchev–Trinajstić information content (AvgIpc) is 2.37. The van der Waals surface area contributed by atoms with Gasteiger partial charge in [0.1, 0.15) is 0 Å². The summed E-state index contributed by atoms with van der Waals surface area (Å²) in [6, 6.07) is 0. The van der Waals surface area contributed by atoms with Crippen molar-refractivity contribution in [2.75, 3.05) is 0 Å². The molecular weight excluding hydrogens is 259 g/mol. The fourth-order valence-corrected chi connectivity index (χ4v) is 7.28. The molecule has 0 saturated heterocycles. The third-order valence-corrected chi connectivity index (χ3v) is 10.5. The second-order valence-electron chi connectivity index (χ2n) is 7.73. The molecule has 1 rings (SSSR count). The second kappa shape index (κ2) is 7.98. The molecule has 1 heteroatoms. The van der Waals surface area contributed by atoms with E-state index < -0.39 is 7.26 Å². The average molecular weight is 296 g/mol. The second-order valence-corrected chi connectivity index (χ2v) is 12.3. The maximum Gasteiger partial charge on any atom is 0.0421 e. The van der Waals surface area contributed by atoms with Gasteiger partial charge in [-0.3, -0.25) is 0 Å². The Morgan fingerprint density at radius 2 is 1.55 bits per heavy atom. The van der Waals surface area contributed by atoms with Crippen molar-refractivity contribution in [2.24, 2.45) is 11.8 Å². The Balaban J connectivity index is 2.54. The fourth-order valence-electron chi connectivity index (χ4n) is 3.97. The van der Waals surface area contributed by atoms with Crippen LogP contribution in [-0.2, 0) is 0 Å². The molecule has 0 radical (unpaired) electrons. The molecule has 0 aromatic carbocycles. The molecule has 0 bridgehead atoms. The van der Waals surface area contributed by atoms with Crippen LogP contribution < -0.4 is 0 Å². The quantitative estimate of drug-likeness (QED) is 0.346. The van der Waals surface area contributed by atoms with Crippen molar-refractivity contribution in [3.05, 3.63) is 18.6 Å². The van der Waals surface area contributed by atoms with Crippen molar-refractivity contribution in [1.82, 2.24) is 0 Å². The minimum atomic E-state index is -1.26. The summed E-state index contributed by atoms with van der Waals surface area (Å²) < 4.78 is 0. The summed E-state index contributed by atoms with van der Waals surface area (Å²) in [6.45, 7) is 21.0. The molecule has 0 N–H and O–H groups in total. The Kier molecular flexibility index (Phi) is 7.27. The first kappa shape index (κ1) is 18.2. The SMILES string of the molecule is C=C(C[C@@H](C)CC1CCCCC1)[P+]([CH2-])(C(C)C)C(C)C. The monoisotopic (exact) mass is 296 g/mol. The lowest BCUT2D eigenvalue weighted by Crippen LogP contribution is -2.17. The van der Waals surface area contributed by atoms with Gasteiger partial charge in [0, 0.05) is 23.1 Å². The van der Waals surface area contributed by atoms with Gasteiger partial charge in [-0.25, -0.2) is 0 Å². The van der Waals surface area contributed by atoms with Gasteiger partial charge < -0.3 is 0 Å². The van der Waals surface area contributed by atoms with Crippen molar-refractivity contribution < 1.29 is 0 Å². The van der Waals surface area contributed by atoms with Gasteiger partial charge in [-0.1, -0.05) is 52.9 Å². The number of rotatable bonds is 7. The van der Waals surface area contributed by atoms with Crippen LogP contribution in [0, 0.1) is 18.5 Å². The smallest absolute Gasteiger partial charge is 0.0421 e. The zero-order valence-corrected chi connectivity index (χ0v) is 15.5.